The van der Waals surface area contributed by atoms with E-state index >= 15 is 0 Å². The van der Waals surface area contributed by atoms with Gasteiger partial charge in [0, 0.05) is 13.3 Å². The summed E-state index contributed by atoms with van der Waals surface area (Å²) in [5.41, 5.74) is 0. The minimum Gasteiger partial charge on any atom is -0.394 e. The summed E-state index contributed by atoms with van der Waals surface area (Å²) in [5.74, 6) is -0.924. The molecule has 3 fully saturated rings. The molecule has 17 atom stereocenters. The van der Waals surface area contributed by atoms with Crippen molar-refractivity contribution in [3.05, 3.63) is 12.2 Å². The molecule has 20 heteroatoms. The van der Waals surface area contributed by atoms with Gasteiger partial charge in [-0.05, 0) is 19.3 Å². The third kappa shape index (κ3) is 24.8. The van der Waals surface area contributed by atoms with Crippen molar-refractivity contribution < 1.29 is 89.1 Å². The van der Waals surface area contributed by atoms with Crippen molar-refractivity contribution in [3.63, 3.8) is 0 Å². The molecule has 0 bridgehead atoms. The van der Waals surface area contributed by atoms with Gasteiger partial charge in [0.15, 0.2) is 18.9 Å². The van der Waals surface area contributed by atoms with E-state index in [-0.39, 0.29) is 18.9 Å². The van der Waals surface area contributed by atoms with Crippen LogP contribution < -0.4 is 10.6 Å². The molecule has 0 aromatic rings. The molecule has 12 N–H and O–H groups in total. The van der Waals surface area contributed by atoms with Crippen LogP contribution in [0.3, 0.4) is 0 Å². The highest BCUT2D eigenvalue weighted by atomic mass is 16.8. The first-order valence-corrected chi connectivity index (χ1v) is 29.4. The lowest BCUT2D eigenvalue weighted by molar-refractivity contribution is -0.374. The summed E-state index contributed by atoms with van der Waals surface area (Å²) in [4.78, 5) is 25.3. The van der Waals surface area contributed by atoms with Crippen molar-refractivity contribution in [2.45, 2.75) is 305 Å². The van der Waals surface area contributed by atoms with Crippen molar-refractivity contribution in [1.29, 1.82) is 0 Å². The molecule has 3 aliphatic heterocycles. The van der Waals surface area contributed by atoms with Gasteiger partial charge in [-0.2, -0.15) is 0 Å². The van der Waals surface area contributed by atoms with Crippen molar-refractivity contribution in [2.24, 2.45) is 0 Å². The minimum atomic E-state index is -1.99. The van der Waals surface area contributed by atoms with Gasteiger partial charge in [-0.15, -0.1) is 0 Å². The molecule has 0 spiro atoms. The van der Waals surface area contributed by atoms with E-state index in [4.69, 9.17) is 28.4 Å². The molecule has 0 aromatic heterocycles. The predicted molar refractivity (Wildman–Crippen MR) is 284 cm³/mol. The van der Waals surface area contributed by atoms with Gasteiger partial charge >= 0.3 is 0 Å². The number of hydrogen-bond donors (Lipinski definition) is 12. The fourth-order valence-electron chi connectivity index (χ4n) is 10.2. The second-order valence-electron chi connectivity index (χ2n) is 21.5. The lowest BCUT2D eigenvalue weighted by Gasteiger charge is -2.48. The molecular formula is C56H104N2O18. The highest BCUT2D eigenvalue weighted by Gasteiger charge is 2.54. The average molecular weight is 1090 g/mol. The summed E-state index contributed by atoms with van der Waals surface area (Å²) in [6.07, 6.45) is 11.1. The Kier molecular flexibility index (Phi) is 36.2. The van der Waals surface area contributed by atoms with E-state index in [2.05, 4.69) is 24.5 Å². The van der Waals surface area contributed by atoms with Crippen molar-refractivity contribution in [2.75, 3.05) is 26.4 Å². The Morgan fingerprint density at radius 3 is 1.38 bits per heavy atom. The summed E-state index contributed by atoms with van der Waals surface area (Å²) in [6, 6.07) is -2.40. The van der Waals surface area contributed by atoms with E-state index < -0.39 is 130 Å². The SMILES string of the molecule is CCCCCCCCCCCCC/C=C/[C@@H](O)[C@H](COC1OC(CO)C(OC2OC(CO)C(OC3OC(CO)C(O)C(O)C3NC(C)=O)C(O)C2O)C(O)C1O)NC(=O)CCCCCCCCCCCCCCCCC. The molecule has 0 aromatic carbocycles. The van der Waals surface area contributed by atoms with E-state index in [0.29, 0.717) is 6.42 Å². The summed E-state index contributed by atoms with van der Waals surface area (Å²) < 4.78 is 34.8. The van der Waals surface area contributed by atoms with E-state index in [1.54, 1.807) is 6.08 Å². The van der Waals surface area contributed by atoms with Crippen molar-refractivity contribution in [1.82, 2.24) is 10.6 Å². The quantitative estimate of drug-likeness (QED) is 0.0304. The molecule has 20 nitrogen and oxygen atoms in total. The molecule has 0 aliphatic carbocycles. The third-order valence-electron chi connectivity index (χ3n) is 15.0. The van der Waals surface area contributed by atoms with Crippen molar-refractivity contribution >= 4 is 11.8 Å². The molecule has 3 aliphatic rings. The van der Waals surface area contributed by atoms with Gasteiger partial charge in [-0.25, -0.2) is 0 Å². The molecular weight excluding hydrogens is 989 g/mol. The summed E-state index contributed by atoms with van der Waals surface area (Å²) >= 11 is 0. The lowest BCUT2D eigenvalue weighted by Crippen LogP contribution is -2.68. The fraction of sp³-hybridized carbons (Fsp3) is 0.929. The lowest BCUT2D eigenvalue weighted by atomic mass is 9.95. The molecule has 15 unspecified atom stereocenters. The Labute approximate surface area is 453 Å². The average Bonchev–Trinajstić information content (AvgIpc) is 3.41. The van der Waals surface area contributed by atoms with Gasteiger partial charge in [-0.3, -0.25) is 9.59 Å². The zero-order valence-corrected chi connectivity index (χ0v) is 46.3. The highest BCUT2D eigenvalue weighted by molar-refractivity contribution is 5.76. The van der Waals surface area contributed by atoms with Crippen molar-refractivity contribution in [3.8, 4) is 0 Å². The Hall–Kier alpha value is -1.96. The number of ether oxygens (including phenoxy) is 6. The molecule has 2 amide bonds. The van der Waals surface area contributed by atoms with Gasteiger partial charge in [0.2, 0.25) is 11.8 Å². The second kappa shape index (κ2) is 40.3. The van der Waals surface area contributed by atoms with E-state index in [0.717, 1.165) is 51.9 Å². The van der Waals surface area contributed by atoms with Gasteiger partial charge in [0.25, 0.3) is 0 Å². The zero-order valence-electron chi connectivity index (χ0n) is 46.3. The standard InChI is InChI=1S/C56H104N2O18/c1-4-6-8-10-12-14-16-18-19-21-23-25-27-29-31-33-44(64)58-39(40(63)32-30-28-26-24-22-20-17-15-13-11-9-7-5-2)37-71-55-50(69)48(67)53(42(35-60)73-55)76-56-51(70)49(68)52(43(36-61)74-56)75-54-45(57-38(3)62)47(66)46(65)41(34-59)72-54/h30,32,39-43,45-56,59-61,63,65-70H,4-29,31,33-37H2,1-3H3,(H,57,62)(H,58,64)/b32-30+/t39-,40+,41?,42?,43?,45?,46?,47?,48?,49?,50?,51?,52?,53?,54?,55?,56?/m0/s1. The number of allylic oxidation sites excluding steroid dienone is 1. The van der Waals surface area contributed by atoms with Gasteiger partial charge in [0.05, 0.1) is 38.6 Å². The third-order valence-corrected chi connectivity index (χ3v) is 15.0. The van der Waals surface area contributed by atoms with Crippen LogP contribution in [0.2, 0.25) is 0 Å². The molecule has 0 radical (unpaired) electrons. The highest BCUT2D eigenvalue weighted by Crippen LogP contribution is 2.33. The van der Waals surface area contributed by atoms with E-state index in [1.165, 1.54) is 122 Å². The molecule has 446 valence electrons. The number of carbonyl (C=O) groups is 2. The Bertz CT molecular complexity index is 1520. The second-order valence-corrected chi connectivity index (χ2v) is 21.5. The Morgan fingerprint density at radius 1 is 0.513 bits per heavy atom. The smallest absolute Gasteiger partial charge is 0.220 e. The molecule has 3 saturated heterocycles. The number of amides is 2. The molecule has 3 rings (SSSR count). The molecule has 76 heavy (non-hydrogen) atoms. The number of hydrogen-bond acceptors (Lipinski definition) is 18. The number of unbranched alkanes of at least 4 members (excludes halogenated alkanes) is 25. The van der Waals surface area contributed by atoms with E-state index in [1.807, 2.05) is 6.08 Å². The fourth-order valence-corrected chi connectivity index (χ4v) is 10.2. The Morgan fingerprint density at radius 2 is 0.921 bits per heavy atom. The summed E-state index contributed by atoms with van der Waals surface area (Å²) in [7, 11) is 0. The normalized spacial score (nSPS) is 30.9. The minimum absolute atomic E-state index is 0.244. The summed E-state index contributed by atoms with van der Waals surface area (Å²) in [5, 5.41) is 113. The number of carbonyl (C=O) groups excluding carboxylic acids is 2. The number of aliphatic hydroxyl groups excluding tert-OH is 10. The topological polar surface area (TPSA) is 316 Å². The Balaban J connectivity index is 1.56. The summed E-state index contributed by atoms with van der Waals surface area (Å²) in [6.45, 7) is 2.82. The largest absolute Gasteiger partial charge is 0.394 e. The molecule has 0 saturated carbocycles. The van der Waals surface area contributed by atoms with Crippen LogP contribution in [0.4, 0.5) is 0 Å². The first kappa shape index (κ1) is 68.3. The maximum absolute atomic E-state index is 13.3. The first-order chi connectivity index (χ1) is 36.7. The van der Waals surface area contributed by atoms with Crippen LogP contribution in [-0.4, -0.2) is 194 Å². The maximum Gasteiger partial charge on any atom is 0.220 e. The zero-order chi connectivity index (χ0) is 55.7. The number of rotatable bonds is 42. The monoisotopic (exact) mass is 1090 g/mol. The van der Waals surface area contributed by atoms with E-state index in [9.17, 15) is 60.7 Å². The predicted octanol–water partition coefficient (Wildman–Crippen LogP) is 3.96. The van der Waals surface area contributed by atoms with Gasteiger partial charge in [0.1, 0.15) is 73.2 Å². The van der Waals surface area contributed by atoms with Crippen LogP contribution >= 0.6 is 0 Å². The number of aliphatic hydroxyl groups is 10. The van der Waals surface area contributed by atoms with Crippen LogP contribution in [0.5, 0.6) is 0 Å². The van der Waals surface area contributed by atoms with Crippen LogP contribution in [-0.2, 0) is 38.0 Å². The number of nitrogens with one attached hydrogen (secondary N) is 2. The van der Waals surface area contributed by atoms with Gasteiger partial charge < -0.3 is 90.1 Å². The first-order valence-electron chi connectivity index (χ1n) is 29.4. The van der Waals surface area contributed by atoms with Gasteiger partial charge in [-0.1, -0.05) is 180 Å². The maximum atomic E-state index is 13.3. The van der Waals surface area contributed by atoms with Crippen LogP contribution in [0, 0.1) is 0 Å². The van der Waals surface area contributed by atoms with Crippen LogP contribution in [0.15, 0.2) is 12.2 Å². The van der Waals surface area contributed by atoms with Crippen LogP contribution in [0.25, 0.3) is 0 Å². The van der Waals surface area contributed by atoms with Crippen LogP contribution in [0.1, 0.15) is 201 Å². The molecule has 3 heterocycles.